The maximum absolute atomic E-state index is 5.81. The maximum atomic E-state index is 5.81. The Morgan fingerprint density at radius 1 is 1.05 bits per heavy atom. The molecule has 0 heterocycles. The van der Waals surface area contributed by atoms with Gasteiger partial charge in [-0.05, 0) is 68.4 Å². The lowest BCUT2D eigenvalue weighted by molar-refractivity contribution is 0.0335. The molecule has 3 saturated carbocycles. The Labute approximate surface area is 116 Å². The van der Waals surface area contributed by atoms with E-state index in [0.717, 1.165) is 12.3 Å². The molecule has 0 aliphatic heterocycles. The van der Waals surface area contributed by atoms with E-state index < -0.39 is 0 Å². The highest BCUT2D eigenvalue weighted by atomic mass is 16.5. The van der Waals surface area contributed by atoms with E-state index in [1.807, 2.05) is 0 Å². The Hall–Kier alpha value is -1.02. The molecule has 1 aromatic rings. The predicted octanol–water partition coefficient (Wildman–Crippen LogP) is 3.64. The Balaban J connectivity index is 1.88. The number of methoxy groups -OCH3 is 1. The standard InChI is InChI=1S/C17H25NO/c1-19-15-5-3-2-4-14(15)17-9-6-16(7-10-17,8-11-17)12-13-18/h2-5H,6-13,18H2,1H3. The molecule has 3 fully saturated rings. The van der Waals surface area contributed by atoms with E-state index in [2.05, 4.69) is 24.3 Å². The highest BCUT2D eigenvalue weighted by molar-refractivity contribution is 5.41. The lowest BCUT2D eigenvalue weighted by atomic mass is 9.51. The quantitative estimate of drug-likeness (QED) is 0.896. The summed E-state index contributed by atoms with van der Waals surface area (Å²) in [7, 11) is 1.79. The number of benzene rings is 1. The van der Waals surface area contributed by atoms with Gasteiger partial charge in [-0.1, -0.05) is 18.2 Å². The van der Waals surface area contributed by atoms with Gasteiger partial charge in [0, 0.05) is 5.56 Å². The second kappa shape index (κ2) is 4.82. The molecule has 1 aromatic carbocycles. The van der Waals surface area contributed by atoms with Crippen molar-refractivity contribution in [2.45, 2.75) is 50.4 Å². The van der Waals surface area contributed by atoms with Gasteiger partial charge in [-0.2, -0.15) is 0 Å². The minimum absolute atomic E-state index is 0.378. The summed E-state index contributed by atoms with van der Waals surface area (Å²) in [4.78, 5) is 0. The van der Waals surface area contributed by atoms with Crippen LogP contribution in [0.25, 0.3) is 0 Å². The van der Waals surface area contributed by atoms with Crippen LogP contribution < -0.4 is 10.5 Å². The first-order valence-corrected chi connectivity index (χ1v) is 7.57. The molecule has 0 unspecified atom stereocenters. The summed E-state index contributed by atoms with van der Waals surface area (Å²) in [5.41, 5.74) is 8.20. The number of ether oxygens (including phenoxy) is 1. The van der Waals surface area contributed by atoms with Crippen molar-refractivity contribution in [2.75, 3.05) is 13.7 Å². The van der Waals surface area contributed by atoms with Crippen LogP contribution in [-0.4, -0.2) is 13.7 Å². The van der Waals surface area contributed by atoms with Crippen molar-refractivity contribution in [1.29, 1.82) is 0 Å². The fourth-order valence-electron chi connectivity index (χ4n) is 4.43. The first-order valence-electron chi connectivity index (χ1n) is 7.57. The number of hydrogen-bond donors (Lipinski definition) is 1. The molecule has 2 N–H and O–H groups in total. The summed E-state index contributed by atoms with van der Waals surface area (Å²) >= 11 is 0. The van der Waals surface area contributed by atoms with Crippen LogP contribution in [-0.2, 0) is 5.41 Å². The summed E-state index contributed by atoms with van der Waals surface area (Å²) in [5, 5.41) is 0. The summed E-state index contributed by atoms with van der Waals surface area (Å²) < 4.78 is 5.60. The van der Waals surface area contributed by atoms with E-state index in [1.165, 1.54) is 50.5 Å². The van der Waals surface area contributed by atoms with E-state index in [9.17, 15) is 0 Å². The molecule has 19 heavy (non-hydrogen) atoms. The molecule has 0 radical (unpaired) electrons. The normalized spacial score (nSPS) is 33.4. The van der Waals surface area contributed by atoms with E-state index in [1.54, 1.807) is 7.11 Å². The Morgan fingerprint density at radius 2 is 1.68 bits per heavy atom. The van der Waals surface area contributed by atoms with E-state index in [0.29, 0.717) is 10.8 Å². The van der Waals surface area contributed by atoms with Crippen LogP contribution in [0.2, 0.25) is 0 Å². The van der Waals surface area contributed by atoms with Crippen LogP contribution in [0.3, 0.4) is 0 Å². The third kappa shape index (κ3) is 2.06. The molecule has 104 valence electrons. The highest BCUT2D eigenvalue weighted by Crippen LogP contribution is 2.60. The fraction of sp³-hybridized carbons (Fsp3) is 0.647. The van der Waals surface area contributed by atoms with Gasteiger partial charge in [0.25, 0.3) is 0 Å². The van der Waals surface area contributed by atoms with Crippen molar-refractivity contribution in [2.24, 2.45) is 11.1 Å². The average Bonchev–Trinajstić information content (AvgIpc) is 2.49. The number of rotatable bonds is 4. The molecule has 0 saturated heterocycles. The lowest BCUT2D eigenvalue weighted by Gasteiger charge is -2.54. The zero-order chi connectivity index (χ0) is 13.3. The van der Waals surface area contributed by atoms with Gasteiger partial charge in [-0.25, -0.2) is 0 Å². The lowest BCUT2D eigenvalue weighted by Crippen LogP contribution is -2.45. The van der Waals surface area contributed by atoms with Crippen LogP contribution in [0.4, 0.5) is 0 Å². The summed E-state index contributed by atoms with van der Waals surface area (Å²) in [5.74, 6) is 1.08. The van der Waals surface area contributed by atoms with Gasteiger partial charge in [-0.15, -0.1) is 0 Å². The van der Waals surface area contributed by atoms with Crippen molar-refractivity contribution in [3.05, 3.63) is 29.8 Å². The van der Waals surface area contributed by atoms with Crippen molar-refractivity contribution in [3.63, 3.8) is 0 Å². The molecular formula is C17H25NO. The van der Waals surface area contributed by atoms with Crippen LogP contribution in [0.5, 0.6) is 5.75 Å². The minimum atomic E-state index is 0.378. The van der Waals surface area contributed by atoms with E-state index in [4.69, 9.17) is 10.5 Å². The zero-order valence-electron chi connectivity index (χ0n) is 12.0. The van der Waals surface area contributed by atoms with Crippen molar-refractivity contribution < 1.29 is 4.74 Å². The largest absolute Gasteiger partial charge is 0.496 e. The molecule has 4 rings (SSSR count). The van der Waals surface area contributed by atoms with Gasteiger partial charge in [0.05, 0.1) is 7.11 Å². The Morgan fingerprint density at radius 3 is 2.26 bits per heavy atom. The van der Waals surface area contributed by atoms with Crippen LogP contribution in [0, 0.1) is 5.41 Å². The minimum Gasteiger partial charge on any atom is -0.496 e. The topological polar surface area (TPSA) is 35.2 Å². The Bertz CT molecular complexity index is 430. The molecule has 0 aromatic heterocycles. The van der Waals surface area contributed by atoms with Crippen LogP contribution >= 0.6 is 0 Å². The molecule has 0 atom stereocenters. The molecule has 0 spiro atoms. The third-order valence-corrected chi connectivity index (χ3v) is 5.75. The van der Waals surface area contributed by atoms with E-state index >= 15 is 0 Å². The summed E-state index contributed by atoms with van der Waals surface area (Å²) in [6.45, 7) is 0.849. The Kier molecular flexibility index (Phi) is 3.30. The predicted molar refractivity (Wildman–Crippen MR) is 78.5 cm³/mol. The van der Waals surface area contributed by atoms with Crippen molar-refractivity contribution >= 4 is 0 Å². The second-order valence-electron chi connectivity index (χ2n) is 6.52. The van der Waals surface area contributed by atoms with Crippen LogP contribution in [0.1, 0.15) is 50.5 Å². The first kappa shape index (κ1) is 13.0. The van der Waals surface area contributed by atoms with Gasteiger partial charge in [0.2, 0.25) is 0 Å². The average molecular weight is 259 g/mol. The summed E-state index contributed by atoms with van der Waals surface area (Å²) in [6.07, 6.45) is 9.20. The highest BCUT2D eigenvalue weighted by Gasteiger charge is 2.49. The van der Waals surface area contributed by atoms with Crippen molar-refractivity contribution in [3.8, 4) is 5.75 Å². The smallest absolute Gasteiger partial charge is 0.122 e. The number of nitrogens with two attached hydrogens (primary N) is 1. The van der Waals surface area contributed by atoms with Gasteiger partial charge in [-0.3, -0.25) is 0 Å². The van der Waals surface area contributed by atoms with Gasteiger partial charge < -0.3 is 10.5 Å². The monoisotopic (exact) mass is 259 g/mol. The summed E-state index contributed by atoms with van der Waals surface area (Å²) in [6, 6.07) is 8.62. The molecule has 3 aliphatic carbocycles. The maximum Gasteiger partial charge on any atom is 0.122 e. The first-order chi connectivity index (χ1) is 9.24. The SMILES string of the molecule is COc1ccccc1C12CCC(CCN)(CC1)CC2. The molecule has 2 bridgehead atoms. The number of fused-ring (bicyclic) bond motifs is 3. The van der Waals surface area contributed by atoms with Gasteiger partial charge in [0.15, 0.2) is 0 Å². The molecule has 0 amide bonds. The van der Waals surface area contributed by atoms with Gasteiger partial charge >= 0.3 is 0 Å². The molecule has 3 aliphatic rings. The van der Waals surface area contributed by atoms with Crippen molar-refractivity contribution in [1.82, 2.24) is 0 Å². The third-order valence-electron chi connectivity index (χ3n) is 5.75. The van der Waals surface area contributed by atoms with E-state index in [-0.39, 0.29) is 0 Å². The fourth-order valence-corrected chi connectivity index (χ4v) is 4.43. The second-order valence-corrected chi connectivity index (χ2v) is 6.52. The zero-order valence-corrected chi connectivity index (χ0v) is 12.0. The van der Waals surface area contributed by atoms with Crippen LogP contribution in [0.15, 0.2) is 24.3 Å². The molecule has 2 nitrogen and oxygen atoms in total. The molecule has 2 heteroatoms. The molecular weight excluding hydrogens is 234 g/mol. The number of hydrogen-bond acceptors (Lipinski definition) is 2. The number of para-hydroxylation sites is 1. The van der Waals surface area contributed by atoms with Gasteiger partial charge in [0.1, 0.15) is 5.75 Å².